The lowest BCUT2D eigenvalue weighted by Crippen LogP contribution is -2.31. The summed E-state index contributed by atoms with van der Waals surface area (Å²) in [6.45, 7) is 2.67. The fourth-order valence-electron chi connectivity index (χ4n) is 2.01. The molecule has 0 aromatic heterocycles. The lowest BCUT2D eigenvalue weighted by molar-refractivity contribution is -0.143. The van der Waals surface area contributed by atoms with Gasteiger partial charge in [0.2, 0.25) is 0 Å². The van der Waals surface area contributed by atoms with Crippen LogP contribution >= 0.6 is 0 Å². The molecule has 0 atom stereocenters. The summed E-state index contributed by atoms with van der Waals surface area (Å²) in [5, 5.41) is 2.51. The molecule has 25 heavy (non-hydrogen) atoms. The third kappa shape index (κ3) is 6.55. The SMILES string of the molecule is CCOc1ccc(OCCOC(=O)CNC(=O)c2ccccc2)cc1. The van der Waals surface area contributed by atoms with Gasteiger partial charge in [-0.15, -0.1) is 0 Å². The van der Waals surface area contributed by atoms with Crippen LogP contribution in [0.5, 0.6) is 11.5 Å². The predicted molar refractivity (Wildman–Crippen MR) is 92.8 cm³/mol. The van der Waals surface area contributed by atoms with E-state index in [1.165, 1.54) is 0 Å². The Balaban J connectivity index is 1.61. The number of ether oxygens (including phenoxy) is 3. The summed E-state index contributed by atoms with van der Waals surface area (Å²) in [7, 11) is 0. The fourth-order valence-corrected chi connectivity index (χ4v) is 2.01. The second-order valence-electron chi connectivity index (χ2n) is 5.02. The molecular weight excluding hydrogens is 322 g/mol. The van der Waals surface area contributed by atoms with Crippen molar-refractivity contribution in [2.75, 3.05) is 26.4 Å². The van der Waals surface area contributed by atoms with Crippen LogP contribution in [-0.2, 0) is 9.53 Å². The Morgan fingerprint density at radius 2 is 1.52 bits per heavy atom. The molecule has 6 nitrogen and oxygen atoms in total. The molecule has 0 fully saturated rings. The van der Waals surface area contributed by atoms with Gasteiger partial charge in [-0.2, -0.15) is 0 Å². The molecule has 0 saturated carbocycles. The molecule has 0 aliphatic rings. The van der Waals surface area contributed by atoms with Crippen LogP contribution in [0.1, 0.15) is 17.3 Å². The van der Waals surface area contributed by atoms with E-state index in [-0.39, 0.29) is 25.7 Å². The Labute approximate surface area is 146 Å². The normalized spacial score (nSPS) is 9.96. The predicted octanol–water partition coefficient (Wildman–Crippen LogP) is 2.44. The summed E-state index contributed by atoms with van der Waals surface area (Å²) in [6, 6.07) is 15.9. The van der Waals surface area contributed by atoms with Gasteiger partial charge in [-0.25, -0.2) is 0 Å². The lowest BCUT2D eigenvalue weighted by atomic mass is 10.2. The second kappa shape index (κ2) is 9.97. The maximum Gasteiger partial charge on any atom is 0.325 e. The largest absolute Gasteiger partial charge is 0.494 e. The highest BCUT2D eigenvalue weighted by atomic mass is 16.6. The topological polar surface area (TPSA) is 73.9 Å². The highest BCUT2D eigenvalue weighted by Gasteiger charge is 2.08. The number of hydrogen-bond donors (Lipinski definition) is 1. The maximum absolute atomic E-state index is 11.8. The molecule has 2 rings (SSSR count). The average molecular weight is 343 g/mol. The fraction of sp³-hybridized carbons (Fsp3) is 0.263. The molecule has 2 aromatic carbocycles. The smallest absolute Gasteiger partial charge is 0.325 e. The summed E-state index contributed by atoms with van der Waals surface area (Å²) < 4.78 is 15.8. The van der Waals surface area contributed by atoms with Crippen molar-refractivity contribution < 1.29 is 23.8 Å². The summed E-state index contributed by atoms with van der Waals surface area (Å²) >= 11 is 0. The van der Waals surface area contributed by atoms with Gasteiger partial charge in [0.25, 0.3) is 5.91 Å². The zero-order chi connectivity index (χ0) is 17.9. The molecular formula is C19H21NO5. The summed E-state index contributed by atoms with van der Waals surface area (Å²) in [5.74, 6) is 0.607. The summed E-state index contributed by atoms with van der Waals surface area (Å²) in [5.41, 5.74) is 0.495. The van der Waals surface area contributed by atoms with E-state index in [0.717, 1.165) is 5.75 Å². The molecule has 132 valence electrons. The highest BCUT2D eigenvalue weighted by Crippen LogP contribution is 2.17. The van der Waals surface area contributed by atoms with Crippen molar-refractivity contribution in [2.45, 2.75) is 6.92 Å². The van der Waals surface area contributed by atoms with Gasteiger partial charge in [-0.3, -0.25) is 9.59 Å². The van der Waals surface area contributed by atoms with E-state index in [1.807, 2.05) is 25.1 Å². The number of rotatable bonds is 9. The monoisotopic (exact) mass is 343 g/mol. The van der Waals surface area contributed by atoms with Gasteiger partial charge in [0, 0.05) is 5.56 Å². The van der Waals surface area contributed by atoms with Crippen molar-refractivity contribution in [1.29, 1.82) is 0 Å². The number of carbonyl (C=O) groups is 2. The molecule has 1 N–H and O–H groups in total. The van der Waals surface area contributed by atoms with Crippen molar-refractivity contribution in [3.63, 3.8) is 0 Å². The van der Waals surface area contributed by atoms with Crippen LogP contribution in [0.4, 0.5) is 0 Å². The second-order valence-corrected chi connectivity index (χ2v) is 5.02. The van der Waals surface area contributed by atoms with Crippen molar-refractivity contribution in [2.24, 2.45) is 0 Å². The number of benzene rings is 2. The van der Waals surface area contributed by atoms with E-state index >= 15 is 0 Å². The molecule has 0 spiro atoms. The van der Waals surface area contributed by atoms with Gasteiger partial charge in [0.15, 0.2) is 0 Å². The van der Waals surface area contributed by atoms with Gasteiger partial charge in [0.05, 0.1) is 6.61 Å². The third-order valence-electron chi connectivity index (χ3n) is 3.18. The zero-order valence-electron chi connectivity index (χ0n) is 14.1. The molecule has 0 aliphatic heterocycles. The first-order valence-electron chi connectivity index (χ1n) is 8.03. The Morgan fingerprint density at radius 1 is 0.880 bits per heavy atom. The molecule has 1 amide bonds. The van der Waals surface area contributed by atoms with Gasteiger partial charge < -0.3 is 19.5 Å². The Kier molecular flexibility index (Phi) is 7.31. The molecule has 0 saturated heterocycles. The quantitative estimate of drug-likeness (QED) is 0.559. The zero-order valence-corrected chi connectivity index (χ0v) is 14.1. The van der Waals surface area contributed by atoms with Crippen LogP contribution in [0.2, 0.25) is 0 Å². The number of esters is 1. The minimum absolute atomic E-state index is 0.104. The van der Waals surface area contributed by atoms with Crippen molar-refractivity contribution in [3.05, 3.63) is 60.2 Å². The molecule has 0 unspecified atom stereocenters. The molecule has 2 aromatic rings. The van der Waals surface area contributed by atoms with E-state index in [2.05, 4.69) is 5.32 Å². The lowest BCUT2D eigenvalue weighted by Gasteiger charge is -2.09. The van der Waals surface area contributed by atoms with E-state index < -0.39 is 5.97 Å². The van der Waals surface area contributed by atoms with Gasteiger partial charge in [-0.05, 0) is 43.3 Å². The molecule has 0 heterocycles. The summed E-state index contributed by atoms with van der Waals surface area (Å²) in [6.07, 6.45) is 0. The van der Waals surface area contributed by atoms with Crippen molar-refractivity contribution in [1.82, 2.24) is 5.32 Å². The van der Waals surface area contributed by atoms with Crippen LogP contribution in [0.3, 0.4) is 0 Å². The average Bonchev–Trinajstić information content (AvgIpc) is 2.65. The minimum Gasteiger partial charge on any atom is -0.494 e. The first-order chi connectivity index (χ1) is 12.2. The number of amides is 1. The van der Waals surface area contributed by atoms with Crippen molar-refractivity contribution >= 4 is 11.9 Å². The van der Waals surface area contributed by atoms with E-state index in [4.69, 9.17) is 14.2 Å². The van der Waals surface area contributed by atoms with Crippen LogP contribution in [0, 0.1) is 0 Å². The standard InChI is InChI=1S/C19H21NO5/c1-2-23-16-8-10-17(11-9-16)24-12-13-25-18(21)14-20-19(22)15-6-4-3-5-7-15/h3-11H,2,12-14H2,1H3,(H,20,22). The number of hydrogen-bond acceptors (Lipinski definition) is 5. The van der Waals surface area contributed by atoms with Crippen LogP contribution in [0.15, 0.2) is 54.6 Å². The molecule has 6 heteroatoms. The first kappa shape index (κ1) is 18.3. The molecule has 0 aliphatic carbocycles. The number of carbonyl (C=O) groups excluding carboxylic acids is 2. The summed E-state index contributed by atoms with van der Waals surface area (Å²) in [4.78, 5) is 23.4. The Bertz CT molecular complexity index is 670. The number of nitrogens with one attached hydrogen (secondary N) is 1. The van der Waals surface area contributed by atoms with Gasteiger partial charge in [-0.1, -0.05) is 18.2 Å². The Morgan fingerprint density at radius 3 is 2.16 bits per heavy atom. The van der Waals surface area contributed by atoms with E-state index in [1.54, 1.807) is 36.4 Å². The van der Waals surface area contributed by atoms with E-state index in [9.17, 15) is 9.59 Å². The van der Waals surface area contributed by atoms with Crippen LogP contribution in [0.25, 0.3) is 0 Å². The third-order valence-corrected chi connectivity index (χ3v) is 3.18. The molecule has 0 radical (unpaired) electrons. The van der Waals surface area contributed by atoms with Crippen molar-refractivity contribution in [3.8, 4) is 11.5 Å². The van der Waals surface area contributed by atoms with Gasteiger partial charge in [0.1, 0.15) is 31.3 Å². The minimum atomic E-state index is -0.514. The van der Waals surface area contributed by atoms with E-state index in [0.29, 0.717) is 17.9 Å². The highest BCUT2D eigenvalue weighted by molar-refractivity contribution is 5.95. The molecule has 0 bridgehead atoms. The Hall–Kier alpha value is -3.02. The van der Waals surface area contributed by atoms with Gasteiger partial charge >= 0.3 is 5.97 Å². The first-order valence-corrected chi connectivity index (χ1v) is 8.03. The van der Waals surface area contributed by atoms with Crippen LogP contribution in [-0.4, -0.2) is 38.2 Å². The van der Waals surface area contributed by atoms with Crippen LogP contribution < -0.4 is 14.8 Å². The maximum atomic E-state index is 11.8.